The molecule has 4 rings (SSSR count). The number of benzene rings is 1. The van der Waals surface area contributed by atoms with E-state index in [1.54, 1.807) is 0 Å². The van der Waals surface area contributed by atoms with Crippen molar-refractivity contribution < 1.29 is 0 Å². The van der Waals surface area contributed by atoms with Crippen LogP contribution >= 0.6 is 15.9 Å². The third kappa shape index (κ3) is 4.21. The smallest absolute Gasteiger partial charge is 0.133 e. The van der Waals surface area contributed by atoms with E-state index in [4.69, 9.17) is 4.98 Å². The molecule has 2 heterocycles. The summed E-state index contributed by atoms with van der Waals surface area (Å²) in [6, 6.07) is 11.3. The van der Waals surface area contributed by atoms with Crippen molar-refractivity contribution in [3.8, 4) is 0 Å². The van der Waals surface area contributed by atoms with Gasteiger partial charge < -0.3 is 4.90 Å². The fourth-order valence-electron chi connectivity index (χ4n) is 3.64. The van der Waals surface area contributed by atoms with Crippen molar-refractivity contribution in [3.63, 3.8) is 0 Å². The summed E-state index contributed by atoms with van der Waals surface area (Å²) in [5, 5.41) is 0. The first-order chi connectivity index (χ1) is 12.2. The predicted molar refractivity (Wildman–Crippen MR) is 105 cm³/mol. The molecule has 5 heteroatoms. The molecule has 132 valence electrons. The number of anilines is 1. The van der Waals surface area contributed by atoms with Crippen LogP contribution in [0.2, 0.25) is 0 Å². The topological polar surface area (TPSA) is 32.3 Å². The molecule has 1 aliphatic carbocycles. The van der Waals surface area contributed by atoms with Crippen molar-refractivity contribution in [1.82, 2.24) is 14.9 Å². The number of aromatic nitrogens is 2. The largest absolute Gasteiger partial charge is 0.356 e. The van der Waals surface area contributed by atoms with Gasteiger partial charge in [0, 0.05) is 49.3 Å². The lowest BCUT2D eigenvalue weighted by Crippen LogP contribution is -2.43. The molecule has 0 unspecified atom stereocenters. The Labute approximate surface area is 158 Å². The summed E-state index contributed by atoms with van der Waals surface area (Å²) < 4.78 is 1.16. The Bertz CT molecular complexity index is 723. The van der Waals surface area contributed by atoms with Gasteiger partial charge in [0.1, 0.15) is 11.6 Å². The van der Waals surface area contributed by atoms with Crippen molar-refractivity contribution in [2.45, 2.75) is 44.2 Å². The first-order valence-corrected chi connectivity index (χ1v) is 10.0. The van der Waals surface area contributed by atoms with E-state index < -0.39 is 0 Å². The average molecular weight is 401 g/mol. The van der Waals surface area contributed by atoms with E-state index in [1.807, 2.05) is 6.20 Å². The molecule has 1 aromatic heterocycles. The Morgan fingerprint density at radius 2 is 1.96 bits per heavy atom. The lowest BCUT2D eigenvalue weighted by atomic mass is 10.0. The maximum absolute atomic E-state index is 4.80. The van der Waals surface area contributed by atoms with Gasteiger partial charge in [-0.3, -0.25) is 4.90 Å². The highest BCUT2D eigenvalue weighted by atomic mass is 79.9. The summed E-state index contributed by atoms with van der Waals surface area (Å²) in [5.74, 6) is 2.74. The monoisotopic (exact) mass is 400 g/mol. The first kappa shape index (κ1) is 17.0. The predicted octanol–water partition coefficient (Wildman–Crippen LogP) is 4.22. The normalized spacial score (nSPS) is 19.1. The molecule has 0 amide bonds. The number of rotatable bonds is 5. The molecule has 0 spiro atoms. The van der Waals surface area contributed by atoms with Gasteiger partial charge in [-0.25, -0.2) is 9.97 Å². The van der Waals surface area contributed by atoms with Gasteiger partial charge in [0.05, 0.1) is 0 Å². The third-order valence-corrected chi connectivity index (χ3v) is 5.86. The fourth-order valence-corrected chi connectivity index (χ4v) is 4.09. The van der Waals surface area contributed by atoms with Gasteiger partial charge in [-0.1, -0.05) is 28.1 Å². The van der Waals surface area contributed by atoms with E-state index >= 15 is 0 Å². The lowest BCUT2D eigenvalue weighted by molar-refractivity contribution is 0.203. The van der Waals surface area contributed by atoms with Gasteiger partial charge in [-0.05, 0) is 49.4 Å². The van der Waals surface area contributed by atoms with Crippen LogP contribution in [0, 0.1) is 0 Å². The summed E-state index contributed by atoms with van der Waals surface area (Å²) in [4.78, 5) is 14.2. The molecule has 0 radical (unpaired) electrons. The maximum Gasteiger partial charge on any atom is 0.133 e. The molecule has 4 nitrogen and oxygen atoms in total. The van der Waals surface area contributed by atoms with E-state index in [0.29, 0.717) is 12.0 Å². The Morgan fingerprint density at radius 1 is 1.16 bits per heavy atom. The summed E-state index contributed by atoms with van der Waals surface area (Å²) in [6.07, 6.45) is 6.80. The quantitative estimate of drug-likeness (QED) is 0.751. The van der Waals surface area contributed by atoms with E-state index in [9.17, 15) is 0 Å². The minimum absolute atomic E-state index is 0.570. The van der Waals surface area contributed by atoms with E-state index in [1.165, 1.54) is 31.2 Å². The molecule has 1 aromatic carbocycles. The zero-order chi connectivity index (χ0) is 17.2. The van der Waals surface area contributed by atoms with Crippen LogP contribution < -0.4 is 4.90 Å². The van der Waals surface area contributed by atoms with E-state index in [-0.39, 0.29) is 0 Å². The number of likely N-dealkylation sites (tertiary alicyclic amines) is 1. The zero-order valence-electron chi connectivity index (χ0n) is 14.7. The molecule has 1 saturated carbocycles. The second kappa shape index (κ2) is 7.42. The van der Waals surface area contributed by atoms with Crippen molar-refractivity contribution >= 4 is 21.7 Å². The Morgan fingerprint density at radius 3 is 2.68 bits per heavy atom. The van der Waals surface area contributed by atoms with Crippen LogP contribution in [0.3, 0.4) is 0 Å². The molecule has 0 N–H and O–H groups in total. The van der Waals surface area contributed by atoms with Crippen LogP contribution in [0.1, 0.15) is 43.0 Å². The molecular formula is C20H25BrN4. The molecule has 1 aliphatic heterocycles. The molecular weight excluding hydrogens is 376 g/mol. The average Bonchev–Trinajstić information content (AvgIpc) is 3.47. The Hall–Kier alpha value is -1.46. The maximum atomic E-state index is 4.80. The zero-order valence-corrected chi connectivity index (χ0v) is 16.3. The highest BCUT2D eigenvalue weighted by Gasteiger charge is 2.28. The van der Waals surface area contributed by atoms with Gasteiger partial charge in [0.15, 0.2) is 0 Å². The molecule has 25 heavy (non-hydrogen) atoms. The van der Waals surface area contributed by atoms with Crippen LogP contribution in [0.25, 0.3) is 0 Å². The lowest BCUT2D eigenvalue weighted by Gasteiger charge is -2.37. The van der Waals surface area contributed by atoms with Crippen LogP contribution in [0.4, 0.5) is 5.82 Å². The van der Waals surface area contributed by atoms with E-state index in [0.717, 1.165) is 35.7 Å². The molecule has 1 saturated heterocycles. The van der Waals surface area contributed by atoms with Crippen LogP contribution in [0.15, 0.2) is 41.0 Å². The van der Waals surface area contributed by atoms with Gasteiger partial charge in [-0.15, -0.1) is 0 Å². The molecule has 0 bridgehead atoms. The highest BCUT2D eigenvalue weighted by molar-refractivity contribution is 9.10. The summed E-state index contributed by atoms with van der Waals surface area (Å²) in [5.41, 5.74) is 1.38. The third-order valence-electron chi connectivity index (χ3n) is 5.36. The molecule has 2 fully saturated rings. The summed E-state index contributed by atoms with van der Waals surface area (Å²) in [6.45, 7) is 3.32. The minimum atomic E-state index is 0.570. The Kier molecular flexibility index (Phi) is 5.04. The minimum Gasteiger partial charge on any atom is -0.356 e. The molecule has 2 aromatic rings. The van der Waals surface area contributed by atoms with Crippen molar-refractivity contribution in [3.05, 3.63) is 52.4 Å². The number of hydrogen-bond acceptors (Lipinski definition) is 4. The first-order valence-electron chi connectivity index (χ1n) is 9.21. The summed E-state index contributed by atoms with van der Waals surface area (Å²) >= 11 is 3.56. The second-order valence-electron chi connectivity index (χ2n) is 7.30. The summed E-state index contributed by atoms with van der Waals surface area (Å²) in [7, 11) is 2.19. The van der Waals surface area contributed by atoms with E-state index in [2.05, 4.69) is 68.1 Å². The number of hydrogen-bond donors (Lipinski definition) is 0. The fraction of sp³-hybridized carbons (Fsp3) is 0.500. The Balaban J connectivity index is 1.34. The van der Waals surface area contributed by atoms with Crippen LogP contribution in [-0.2, 0) is 6.54 Å². The standard InChI is InChI=1S/C20H25BrN4/c1-24(19-7-10-22-20(23-19)16-5-6-16)18-8-11-25(12-9-18)14-15-3-2-4-17(21)13-15/h2-4,7,10,13,16,18H,5-6,8-9,11-12,14H2,1H3. The molecule has 2 aliphatic rings. The van der Waals surface area contributed by atoms with Gasteiger partial charge in [0.2, 0.25) is 0 Å². The van der Waals surface area contributed by atoms with Crippen molar-refractivity contribution in [2.24, 2.45) is 0 Å². The highest BCUT2D eigenvalue weighted by Crippen LogP contribution is 2.38. The number of piperidine rings is 1. The second-order valence-corrected chi connectivity index (χ2v) is 8.21. The van der Waals surface area contributed by atoms with Crippen molar-refractivity contribution in [2.75, 3.05) is 25.0 Å². The van der Waals surface area contributed by atoms with Gasteiger partial charge >= 0.3 is 0 Å². The van der Waals surface area contributed by atoms with Crippen LogP contribution in [-0.4, -0.2) is 41.0 Å². The van der Waals surface area contributed by atoms with Gasteiger partial charge in [0.25, 0.3) is 0 Å². The van der Waals surface area contributed by atoms with Crippen LogP contribution in [0.5, 0.6) is 0 Å². The van der Waals surface area contributed by atoms with Gasteiger partial charge in [-0.2, -0.15) is 0 Å². The number of nitrogens with zero attached hydrogens (tertiary/aromatic N) is 4. The number of halogens is 1. The SMILES string of the molecule is CN(c1ccnc(C2CC2)n1)C1CCN(Cc2cccc(Br)c2)CC1. The van der Waals surface area contributed by atoms with Crippen molar-refractivity contribution in [1.29, 1.82) is 0 Å². The molecule has 0 atom stereocenters.